The molecule has 11 heteroatoms. The molecule has 2 aliphatic carbocycles. The molecule has 206 valence electrons. The Hall–Kier alpha value is -2.53. The highest BCUT2D eigenvalue weighted by Gasteiger charge is 2.62. The molecule has 38 heavy (non-hydrogen) atoms. The van der Waals surface area contributed by atoms with E-state index in [1.54, 1.807) is 0 Å². The summed E-state index contributed by atoms with van der Waals surface area (Å²) in [7, 11) is -4.25. The first-order chi connectivity index (χ1) is 17.8. The summed E-state index contributed by atoms with van der Waals surface area (Å²) < 4.78 is 101. The summed E-state index contributed by atoms with van der Waals surface area (Å²) in [6.45, 7) is 1.33. The lowest BCUT2D eigenvalue weighted by Crippen LogP contribution is -2.48. The van der Waals surface area contributed by atoms with Crippen LogP contribution in [0.4, 0.5) is 22.0 Å². The molecule has 1 aliphatic heterocycles. The zero-order valence-corrected chi connectivity index (χ0v) is 21.5. The number of benzene rings is 2. The minimum atomic E-state index is -5.16. The molecule has 1 heterocycles. The average molecular weight is 558 g/mol. The van der Waals surface area contributed by atoms with Gasteiger partial charge in [0.2, 0.25) is 11.6 Å². The number of carbonyl (C=O) groups is 1. The van der Waals surface area contributed by atoms with E-state index in [-0.39, 0.29) is 48.1 Å². The first kappa shape index (κ1) is 27.1. The summed E-state index contributed by atoms with van der Waals surface area (Å²) in [4.78, 5) is 13.2. The molecule has 5 nitrogen and oxygen atoms in total. The fourth-order valence-electron chi connectivity index (χ4n) is 6.40. The first-order valence-electron chi connectivity index (χ1n) is 12.6. The quantitative estimate of drug-likeness (QED) is 0.409. The monoisotopic (exact) mass is 557 g/mol. The van der Waals surface area contributed by atoms with E-state index in [9.17, 15) is 35.2 Å². The standard InChI is InChI=1S/C27H28F5NO4S/c1-25(29,27(30,31)32)17-3-9-22-16(14-17)2-8-23-21(24(34)33-19-11-13-37-15-19)10-12-26(22,23)38(35,36)20-6-4-18(28)5-7-20/h3-7,9,14,19,21,23H,2,8,10-13,15H2,1H3,(H,33,34)/t19-,21-,23+,25?,26-/m1/s1. The van der Waals surface area contributed by atoms with Crippen molar-refractivity contribution in [3.63, 3.8) is 0 Å². The predicted molar refractivity (Wildman–Crippen MR) is 128 cm³/mol. The van der Waals surface area contributed by atoms with Crippen LogP contribution in [-0.2, 0) is 36.2 Å². The number of amides is 1. The zero-order chi connectivity index (χ0) is 27.5. The fraction of sp³-hybridized carbons (Fsp3) is 0.519. The van der Waals surface area contributed by atoms with Gasteiger partial charge in [-0.1, -0.05) is 18.2 Å². The fourth-order valence-corrected chi connectivity index (χ4v) is 8.87. The Bertz CT molecular complexity index is 1340. The first-order valence-corrected chi connectivity index (χ1v) is 14.0. The molecule has 2 aromatic carbocycles. The summed E-state index contributed by atoms with van der Waals surface area (Å²) in [6.07, 6.45) is -3.81. The van der Waals surface area contributed by atoms with Gasteiger partial charge in [-0.25, -0.2) is 17.2 Å². The highest BCUT2D eigenvalue weighted by atomic mass is 32.2. The van der Waals surface area contributed by atoms with Crippen LogP contribution in [0.3, 0.4) is 0 Å². The van der Waals surface area contributed by atoms with Crippen molar-refractivity contribution in [2.75, 3.05) is 13.2 Å². The topological polar surface area (TPSA) is 72.5 Å². The lowest BCUT2D eigenvalue weighted by atomic mass is 9.72. The largest absolute Gasteiger partial charge is 0.426 e. The highest BCUT2D eigenvalue weighted by Crippen LogP contribution is 2.59. The molecule has 1 unspecified atom stereocenters. The van der Waals surface area contributed by atoms with E-state index in [4.69, 9.17) is 4.74 Å². The molecule has 2 aromatic rings. The van der Waals surface area contributed by atoms with E-state index in [1.165, 1.54) is 6.07 Å². The number of hydrogen-bond acceptors (Lipinski definition) is 4. The maximum atomic E-state index is 14.8. The van der Waals surface area contributed by atoms with Crippen molar-refractivity contribution in [1.82, 2.24) is 5.32 Å². The van der Waals surface area contributed by atoms with Gasteiger partial charge in [-0.3, -0.25) is 4.79 Å². The number of ether oxygens (including phenoxy) is 1. The maximum Gasteiger partial charge on any atom is 0.426 e. The van der Waals surface area contributed by atoms with Crippen LogP contribution in [0.2, 0.25) is 0 Å². The number of aryl methyl sites for hydroxylation is 1. The van der Waals surface area contributed by atoms with Gasteiger partial charge < -0.3 is 10.1 Å². The molecule has 1 amide bonds. The maximum absolute atomic E-state index is 14.8. The molecular weight excluding hydrogens is 529 g/mol. The summed E-state index contributed by atoms with van der Waals surface area (Å²) in [5.74, 6) is -2.23. The molecule has 1 saturated heterocycles. The minimum Gasteiger partial charge on any atom is -0.379 e. The van der Waals surface area contributed by atoms with Crippen molar-refractivity contribution in [2.24, 2.45) is 11.8 Å². The van der Waals surface area contributed by atoms with E-state index in [0.29, 0.717) is 32.1 Å². The summed E-state index contributed by atoms with van der Waals surface area (Å²) in [6, 6.07) is 7.56. The summed E-state index contributed by atoms with van der Waals surface area (Å²) >= 11 is 0. The third kappa shape index (κ3) is 4.13. The molecule has 2 fully saturated rings. The van der Waals surface area contributed by atoms with Crippen molar-refractivity contribution in [3.8, 4) is 0 Å². The number of halogens is 5. The van der Waals surface area contributed by atoms with Gasteiger partial charge in [0.1, 0.15) is 10.6 Å². The van der Waals surface area contributed by atoms with Gasteiger partial charge in [-0.05, 0) is 85.9 Å². The van der Waals surface area contributed by atoms with E-state index in [2.05, 4.69) is 5.32 Å². The Labute approximate surface area is 217 Å². The van der Waals surface area contributed by atoms with E-state index < -0.39 is 49.6 Å². The number of fused-ring (bicyclic) bond motifs is 3. The Morgan fingerprint density at radius 1 is 1.05 bits per heavy atom. The number of hydrogen-bond donors (Lipinski definition) is 1. The van der Waals surface area contributed by atoms with Crippen molar-refractivity contribution in [2.45, 2.75) is 66.6 Å². The smallest absolute Gasteiger partial charge is 0.379 e. The van der Waals surface area contributed by atoms with E-state index in [1.807, 2.05) is 0 Å². The number of carbonyl (C=O) groups excluding carboxylic acids is 1. The zero-order valence-electron chi connectivity index (χ0n) is 20.7. The van der Waals surface area contributed by atoms with Gasteiger partial charge in [-0.15, -0.1) is 0 Å². The van der Waals surface area contributed by atoms with E-state index in [0.717, 1.165) is 36.4 Å². The van der Waals surface area contributed by atoms with Crippen LogP contribution in [-0.4, -0.2) is 39.8 Å². The van der Waals surface area contributed by atoms with E-state index >= 15 is 0 Å². The van der Waals surface area contributed by atoms with Crippen LogP contribution in [0, 0.1) is 17.7 Å². The van der Waals surface area contributed by atoms with Crippen LogP contribution >= 0.6 is 0 Å². The molecule has 5 atom stereocenters. The van der Waals surface area contributed by atoms with Gasteiger partial charge in [0.05, 0.1) is 17.5 Å². The van der Waals surface area contributed by atoms with Crippen molar-refractivity contribution >= 4 is 15.7 Å². The molecule has 0 bridgehead atoms. The lowest BCUT2D eigenvalue weighted by molar-refractivity contribution is -0.228. The second-order valence-electron chi connectivity index (χ2n) is 10.6. The second kappa shape index (κ2) is 9.29. The second-order valence-corrected chi connectivity index (χ2v) is 12.8. The number of alkyl halides is 4. The molecule has 1 N–H and O–H groups in total. The molecule has 0 aromatic heterocycles. The van der Waals surface area contributed by atoms with Gasteiger partial charge in [0, 0.05) is 12.5 Å². The molecule has 1 saturated carbocycles. The molecule has 3 aliphatic rings. The molecule has 0 radical (unpaired) electrons. The van der Waals surface area contributed by atoms with Crippen LogP contribution in [0.15, 0.2) is 47.4 Å². The van der Waals surface area contributed by atoms with Crippen molar-refractivity contribution in [1.29, 1.82) is 0 Å². The van der Waals surface area contributed by atoms with Gasteiger partial charge in [0.15, 0.2) is 9.84 Å². The Morgan fingerprint density at radius 3 is 2.39 bits per heavy atom. The van der Waals surface area contributed by atoms with Gasteiger partial charge in [0.25, 0.3) is 0 Å². The lowest BCUT2D eigenvalue weighted by Gasteiger charge is -2.42. The minimum absolute atomic E-state index is 0.0507. The van der Waals surface area contributed by atoms with Crippen molar-refractivity contribution in [3.05, 3.63) is 65.0 Å². The molecule has 0 spiro atoms. The average Bonchev–Trinajstić information content (AvgIpc) is 3.51. The molecule has 5 rings (SSSR count). The Balaban J connectivity index is 1.62. The third-order valence-corrected chi connectivity index (χ3v) is 11.1. The molecular formula is C27H28F5NO4S. The summed E-state index contributed by atoms with van der Waals surface area (Å²) in [5, 5.41) is 2.96. The van der Waals surface area contributed by atoms with Crippen LogP contribution in [0.1, 0.15) is 49.3 Å². The highest BCUT2D eigenvalue weighted by molar-refractivity contribution is 7.92. The van der Waals surface area contributed by atoms with Crippen LogP contribution in [0.5, 0.6) is 0 Å². The number of sulfone groups is 1. The van der Waals surface area contributed by atoms with Crippen LogP contribution in [0.25, 0.3) is 0 Å². The predicted octanol–water partition coefficient (Wildman–Crippen LogP) is 5.12. The van der Waals surface area contributed by atoms with Gasteiger partial charge >= 0.3 is 6.18 Å². The van der Waals surface area contributed by atoms with Gasteiger partial charge in [-0.2, -0.15) is 13.2 Å². The summed E-state index contributed by atoms with van der Waals surface area (Å²) in [5.41, 5.74) is -3.64. The van der Waals surface area contributed by atoms with Crippen LogP contribution < -0.4 is 5.32 Å². The normalized spacial score (nSPS) is 28.8. The van der Waals surface area contributed by atoms with Crippen molar-refractivity contribution < 1.29 is 39.9 Å². The Morgan fingerprint density at radius 2 is 1.76 bits per heavy atom. The Kier molecular flexibility index (Phi) is 6.61. The number of rotatable bonds is 5. The third-order valence-electron chi connectivity index (χ3n) is 8.49. The SMILES string of the molecule is CC(F)(c1ccc2c(c1)CC[C@H]1[C@H](C(=O)N[C@@H]3CCOC3)CC[C@@]21S(=O)(=O)c1ccc(F)cc1)C(F)(F)F. The number of nitrogens with one attached hydrogen (secondary N) is 1.